The molecular weight excluding hydrogens is 196 g/mol. The van der Waals surface area contributed by atoms with Crippen molar-refractivity contribution in [1.29, 1.82) is 0 Å². The molecule has 1 saturated heterocycles. The fraction of sp³-hybridized carbons (Fsp3) is 0.571. The van der Waals surface area contributed by atoms with Gasteiger partial charge >= 0.3 is 0 Å². The largest absolute Gasteiger partial charge is 0.384 e. The summed E-state index contributed by atoms with van der Waals surface area (Å²) in [5.41, 5.74) is 4.41. The summed E-state index contributed by atoms with van der Waals surface area (Å²) in [4.78, 5) is 2.61. The molecule has 16 heavy (non-hydrogen) atoms. The molecular formula is C14H20N2. The van der Waals surface area contributed by atoms with E-state index in [9.17, 15) is 0 Å². The Kier molecular flexibility index (Phi) is 2.60. The zero-order chi connectivity index (χ0) is 11.0. The van der Waals surface area contributed by atoms with Crippen LogP contribution in [0.15, 0.2) is 18.2 Å². The molecule has 0 aromatic heterocycles. The molecule has 0 saturated carbocycles. The van der Waals surface area contributed by atoms with Crippen molar-refractivity contribution < 1.29 is 0 Å². The highest BCUT2D eigenvalue weighted by Crippen LogP contribution is 2.29. The van der Waals surface area contributed by atoms with E-state index in [-0.39, 0.29) is 0 Å². The molecule has 3 rings (SSSR count). The third-order valence-corrected chi connectivity index (χ3v) is 4.00. The van der Waals surface area contributed by atoms with Crippen molar-refractivity contribution in [3.05, 3.63) is 29.3 Å². The zero-order valence-corrected chi connectivity index (χ0v) is 10.00. The molecule has 0 bridgehead atoms. The standard InChI is InChI=1S/C14H20N2/c1-11-4-3-9-16(11)10-13-6-2-5-12-7-8-15-14(12)13/h2,5-6,11,15H,3-4,7-10H2,1H3. The predicted octanol–water partition coefficient (Wildman–Crippen LogP) is 2.64. The Labute approximate surface area is 97.6 Å². The summed E-state index contributed by atoms with van der Waals surface area (Å²) in [5, 5.41) is 3.53. The molecule has 2 nitrogen and oxygen atoms in total. The first-order valence-corrected chi connectivity index (χ1v) is 6.43. The first kappa shape index (κ1) is 10.2. The van der Waals surface area contributed by atoms with Crippen LogP contribution in [0.1, 0.15) is 30.9 Å². The Morgan fingerprint density at radius 3 is 3.19 bits per heavy atom. The highest BCUT2D eigenvalue weighted by Gasteiger charge is 2.22. The minimum Gasteiger partial charge on any atom is -0.384 e. The van der Waals surface area contributed by atoms with E-state index in [1.807, 2.05) is 0 Å². The molecule has 0 radical (unpaired) electrons. The van der Waals surface area contributed by atoms with Gasteiger partial charge in [-0.2, -0.15) is 0 Å². The smallest absolute Gasteiger partial charge is 0.0419 e. The van der Waals surface area contributed by atoms with Gasteiger partial charge in [0.2, 0.25) is 0 Å². The summed E-state index contributed by atoms with van der Waals surface area (Å²) in [5.74, 6) is 0. The summed E-state index contributed by atoms with van der Waals surface area (Å²) in [6.07, 6.45) is 3.92. The van der Waals surface area contributed by atoms with Crippen molar-refractivity contribution in [2.24, 2.45) is 0 Å². The number of para-hydroxylation sites is 1. The molecule has 1 atom stereocenters. The van der Waals surface area contributed by atoms with E-state index in [0.29, 0.717) is 0 Å². The zero-order valence-electron chi connectivity index (χ0n) is 10.00. The van der Waals surface area contributed by atoms with Crippen LogP contribution >= 0.6 is 0 Å². The molecule has 86 valence electrons. The SMILES string of the molecule is CC1CCCN1Cc1cccc2c1NCC2. The van der Waals surface area contributed by atoms with E-state index >= 15 is 0 Å². The van der Waals surface area contributed by atoms with E-state index in [1.54, 1.807) is 0 Å². The topological polar surface area (TPSA) is 15.3 Å². The van der Waals surface area contributed by atoms with E-state index in [1.165, 1.54) is 42.6 Å². The molecule has 1 N–H and O–H groups in total. The lowest BCUT2D eigenvalue weighted by Gasteiger charge is -2.22. The van der Waals surface area contributed by atoms with E-state index in [2.05, 4.69) is 35.3 Å². The summed E-state index contributed by atoms with van der Waals surface area (Å²) in [7, 11) is 0. The lowest BCUT2D eigenvalue weighted by molar-refractivity contribution is 0.261. The van der Waals surface area contributed by atoms with Crippen molar-refractivity contribution in [2.75, 3.05) is 18.4 Å². The van der Waals surface area contributed by atoms with Gasteiger partial charge in [-0.1, -0.05) is 18.2 Å². The number of benzene rings is 1. The van der Waals surface area contributed by atoms with E-state index < -0.39 is 0 Å². The predicted molar refractivity (Wildman–Crippen MR) is 67.7 cm³/mol. The maximum absolute atomic E-state index is 3.53. The fourth-order valence-electron chi connectivity index (χ4n) is 2.99. The minimum atomic E-state index is 0.761. The molecule has 0 aliphatic carbocycles. The van der Waals surface area contributed by atoms with Crippen LogP contribution in [0, 0.1) is 0 Å². The molecule has 2 aliphatic heterocycles. The molecule has 2 heteroatoms. The third-order valence-electron chi connectivity index (χ3n) is 4.00. The number of anilines is 1. The summed E-state index contributed by atoms with van der Waals surface area (Å²) < 4.78 is 0. The average molecular weight is 216 g/mol. The lowest BCUT2D eigenvalue weighted by Crippen LogP contribution is -2.26. The van der Waals surface area contributed by atoms with Crippen LogP contribution in [0.25, 0.3) is 0 Å². The van der Waals surface area contributed by atoms with Crippen molar-refractivity contribution >= 4 is 5.69 Å². The summed E-state index contributed by atoms with van der Waals surface area (Å²) in [6.45, 7) is 5.85. The highest BCUT2D eigenvalue weighted by molar-refractivity contribution is 5.61. The van der Waals surface area contributed by atoms with Crippen LogP contribution in [-0.2, 0) is 13.0 Å². The molecule has 1 aromatic rings. The van der Waals surface area contributed by atoms with Crippen LogP contribution in [-0.4, -0.2) is 24.0 Å². The molecule has 2 heterocycles. The second kappa shape index (κ2) is 4.10. The molecule has 1 aromatic carbocycles. The monoisotopic (exact) mass is 216 g/mol. The van der Waals surface area contributed by atoms with Gasteiger partial charge in [-0.05, 0) is 43.9 Å². The van der Waals surface area contributed by atoms with Gasteiger partial charge in [-0.15, -0.1) is 0 Å². The van der Waals surface area contributed by atoms with Crippen LogP contribution < -0.4 is 5.32 Å². The Morgan fingerprint density at radius 2 is 2.38 bits per heavy atom. The van der Waals surface area contributed by atoms with Gasteiger partial charge in [0.25, 0.3) is 0 Å². The quantitative estimate of drug-likeness (QED) is 0.817. The number of hydrogen-bond donors (Lipinski definition) is 1. The van der Waals surface area contributed by atoms with Gasteiger partial charge in [-0.25, -0.2) is 0 Å². The van der Waals surface area contributed by atoms with Gasteiger partial charge < -0.3 is 5.32 Å². The van der Waals surface area contributed by atoms with E-state index in [0.717, 1.165) is 19.1 Å². The van der Waals surface area contributed by atoms with Crippen LogP contribution in [0.4, 0.5) is 5.69 Å². The van der Waals surface area contributed by atoms with Crippen LogP contribution in [0.5, 0.6) is 0 Å². The molecule has 2 aliphatic rings. The van der Waals surface area contributed by atoms with Crippen molar-refractivity contribution in [2.45, 2.75) is 38.8 Å². The molecule has 1 unspecified atom stereocenters. The van der Waals surface area contributed by atoms with Gasteiger partial charge in [-0.3, -0.25) is 4.90 Å². The Bertz CT molecular complexity index is 386. The lowest BCUT2D eigenvalue weighted by atomic mass is 10.1. The molecule has 1 fully saturated rings. The highest BCUT2D eigenvalue weighted by atomic mass is 15.2. The number of hydrogen-bond acceptors (Lipinski definition) is 2. The fourth-order valence-corrected chi connectivity index (χ4v) is 2.99. The second-order valence-corrected chi connectivity index (χ2v) is 5.09. The average Bonchev–Trinajstić information content (AvgIpc) is 2.89. The van der Waals surface area contributed by atoms with E-state index in [4.69, 9.17) is 0 Å². The third kappa shape index (κ3) is 1.71. The normalized spacial score (nSPS) is 24.4. The van der Waals surface area contributed by atoms with Crippen molar-refractivity contribution in [3.63, 3.8) is 0 Å². The number of fused-ring (bicyclic) bond motifs is 1. The number of nitrogens with zero attached hydrogens (tertiary/aromatic N) is 1. The number of likely N-dealkylation sites (tertiary alicyclic amines) is 1. The molecule has 0 amide bonds. The second-order valence-electron chi connectivity index (χ2n) is 5.09. The Morgan fingerprint density at radius 1 is 1.44 bits per heavy atom. The van der Waals surface area contributed by atoms with Crippen LogP contribution in [0.2, 0.25) is 0 Å². The summed E-state index contributed by atoms with van der Waals surface area (Å²) >= 11 is 0. The van der Waals surface area contributed by atoms with Gasteiger partial charge in [0.05, 0.1) is 0 Å². The first-order chi connectivity index (χ1) is 7.84. The number of nitrogens with one attached hydrogen (secondary N) is 1. The number of rotatable bonds is 2. The maximum Gasteiger partial charge on any atom is 0.0419 e. The maximum atomic E-state index is 3.53. The summed E-state index contributed by atoms with van der Waals surface area (Å²) in [6, 6.07) is 7.51. The van der Waals surface area contributed by atoms with Gasteiger partial charge in [0.15, 0.2) is 0 Å². The van der Waals surface area contributed by atoms with Crippen molar-refractivity contribution in [3.8, 4) is 0 Å². The Hall–Kier alpha value is -1.02. The molecule has 0 spiro atoms. The Balaban J connectivity index is 1.82. The van der Waals surface area contributed by atoms with Gasteiger partial charge in [0.1, 0.15) is 0 Å². The minimum absolute atomic E-state index is 0.761. The van der Waals surface area contributed by atoms with Crippen molar-refractivity contribution in [1.82, 2.24) is 4.90 Å². The van der Waals surface area contributed by atoms with Crippen LogP contribution in [0.3, 0.4) is 0 Å². The first-order valence-electron chi connectivity index (χ1n) is 6.43. The van der Waals surface area contributed by atoms with Gasteiger partial charge in [0, 0.05) is 24.8 Å².